The molecule has 0 bridgehead atoms. The van der Waals surface area contributed by atoms with Gasteiger partial charge in [-0.05, 0) is 32.1 Å². The third kappa shape index (κ3) is 4.79. The molecule has 1 rings (SSSR count). The van der Waals surface area contributed by atoms with E-state index < -0.39 is 5.54 Å². The van der Waals surface area contributed by atoms with Crippen molar-refractivity contribution in [1.82, 2.24) is 5.32 Å². The normalized spacial score (nSPS) is 23.4. The van der Waals surface area contributed by atoms with Gasteiger partial charge in [-0.3, -0.25) is 4.79 Å². The molecule has 19 heavy (non-hydrogen) atoms. The number of nitrogens with one attached hydrogen (secondary N) is 1. The van der Waals surface area contributed by atoms with Crippen molar-refractivity contribution in [3.8, 4) is 0 Å². The first-order valence-electron chi connectivity index (χ1n) is 7.98. The molecule has 112 valence electrons. The summed E-state index contributed by atoms with van der Waals surface area (Å²) in [6.07, 6.45) is 8.38. The molecule has 0 heterocycles. The maximum Gasteiger partial charge on any atom is 0.240 e. The maximum absolute atomic E-state index is 12.2. The number of hydrogen-bond acceptors (Lipinski definition) is 2. The third-order valence-electron chi connectivity index (χ3n) is 4.83. The molecule has 0 spiro atoms. The molecule has 3 N–H and O–H groups in total. The summed E-state index contributed by atoms with van der Waals surface area (Å²) in [5, 5.41) is 3.14. The van der Waals surface area contributed by atoms with E-state index in [1.807, 2.05) is 6.92 Å². The molecule has 0 aromatic heterocycles. The first-order chi connectivity index (χ1) is 8.88. The van der Waals surface area contributed by atoms with Crippen LogP contribution in [0.15, 0.2) is 0 Å². The van der Waals surface area contributed by atoms with Crippen LogP contribution in [-0.2, 0) is 4.79 Å². The summed E-state index contributed by atoms with van der Waals surface area (Å²) in [7, 11) is 0. The largest absolute Gasteiger partial charge is 0.352 e. The van der Waals surface area contributed by atoms with Crippen molar-refractivity contribution >= 4 is 5.91 Å². The van der Waals surface area contributed by atoms with Crippen LogP contribution in [0.1, 0.15) is 72.6 Å². The lowest BCUT2D eigenvalue weighted by Crippen LogP contribution is -2.55. The highest BCUT2D eigenvalue weighted by Crippen LogP contribution is 2.31. The Morgan fingerprint density at radius 3 is 2.42 bits per heavy atom. The Morgan fingerprint density at radius 2 is 1.89 bits per heavy atom. The first kappa shape index (κ1) is 16.5. The van der Waals surface area contributed by atoms with Gasteiger partial charge in [-0.1, -0.05) is 52.4 Å². The van der Waals surface area contributed by atoms with Crippen LogP contribution in [0, 0.1) is 11.8 Å². The minimum absolute atomic E-state index is 0.00418. The summed E-state index contributed by atoms with van der Waals surface area (Å²) in [4.78, 5) is 12.2. The van der Waals surface area contributed by atoms with Crippen LogP contribution in [0.2, 0.25) is 0 Å². The highest BCUT2D eigenvalue weighted by molar-refractivity contribution is 5.85. The molecular formula is C16H32N2O. The monoisotopic (exact) mass is 268 g/mol. The van der Waals surface area contributed by atoms with E-state index in [-0.39, 0.29) is 11.9 Å². The summed E-state index contributed by atoms with van der Waals surface area (Å²) in [5.74, 6) is 1.31. The van der Waals surface area contributed by atoms with Crippen molar-refractivity contribution in [2.45, 2.75) is 84.2 Å². The van der Waals surface area contributed by atoms with Gasteiger partial charge in [0.1, 0.15) is 0 Å². The first-order valence-corrected chi connectivity index (χ1v) is 7.98. The van der Waals surface area contributed by atoms with Crippen LogP contribution in [0.4, 0.5) is 0 Å². The van der Waals surface area contributed by atoms with Gasteiger partial charge in [-0.15, -0.1) is 0 Å². The fourth-order valence-electron chi connectivity index (χ4n) is 3.20. The predicted molar refractivity (Wildman–Crippen MR) is 80.8 cm³/mol. The van der Waals surface area contributed by atoms with E-state index >= 15 is 0 Å². The number of carbonyl (C=O) groups excluding carboxylic acids is 1. The zero-order chi connectivity index (χ0) is 14.5. The van der Waals surface area contributed by atoms with Gasteiger partial charge in [0, 0.05) is 6.04 Å². The topological polar surface area (TPSA) is 55.1 Å². The SMILES string of the molecule is CCCC(C)(N)C(=O)NC(C)C(C)C1CCCCC1. The number of amides is 1. The molecule has 3 atom stereocenters. The number of hydrogen-bond donors (Lipinski definition) is 2. The van der Waals surface area contributed by atoms with Gasteiger partial charge in [0.05, 0.1) is 5.54 Å². The van der Waals surface area contributed by atoms with Crippen molar-refractivity contribution in [2.24, 2.45) is 17.6 Å². The minimum atomic E-state index is -0.727. The summed E-state index contributed by atoms with van der Waals surface area (Å²) in [6, 6.07) is 0.218. The quantitative estimate of drug-likeness (QED) is 0.777. The summed E-state index contributed by atoms with van der Waals surface area (Å²) in [5.41, 5.74) is 5.36. The Balaban J connectivity index is 2.48. The van der Waals surface area contributed by atoms with Gasteiger partial charge in [0.2, 0.25) is 5.91 Å². The van der Waals surface area contributed by atoms with Crippen LogP contribution >= 0.6 is 0 Å². The standard InChI is InChI=1S/C16H32N2O/c1-5-11-16(4,17)15(19)18-13(3)12(2)14-9-7-6-8-10-14/h12-14H,5-11,17H2,1-4H3,(H,18,19). The van der Waals surface area contributed by atoms with E-state index in [1.54, 1.807) is 0 Å². The Bertz CT molecular complexity index is 282. The zero-order valence-electron chi connectivity index (χ0n) is 13.2. The van der Waals surface area contributed by atoms with Gasteiger partial charge in [-0.2, -0.15) is 0 Å². The van der Waals surface area contributed by atoms with Crippen LogP contribution in [0.3, 0.4) is 0 Å². The lowest BCUT2D eigenvalue weighted by molar-refractivity contribution is -0.127. The number of carbonyl (C=O) groups is 1. The molecule has 3 heteroatoms. The van der Waals surface area contributed by atoms with Crippen molar-refractivity contribution < 1.29 is 4.79 Å². The fourth-order valence-corrected chi connectivity index (χ4v) is 3.20. The molecule has 1 amide bonds. The summed E-state index contributed by atoms with van der Waals surface area (Å²) < 4.78 is 0. The molecule has 0 aromatic rings. The number of rotatable bonds is 6. The average Bonchev–Trinajstić information content (AvgIpc) is 2.38. The molecule has 0 aromatic carbocycles. The Hall–Kier alpha value is -0.570. The molecule has 3 unspecified atom stereocenters. The van der Waals surface area contributed by atoms with Gasteiger partial charge in [0.25, 0.3) is 0 Å². The summed E-state index contributed by atoms with van der Waals surface area (Å²) in [6.45, 7) is 8.30. The molecule has 1 fully saturated rings. The smallest absolute Gasteiger partial charge is 0.240 e. The molecule has 1 saturated carbocycles. The van der Waals surface area contributed by atoms with Gasteiger partial charge >= 0.3 is 0 Å². The Labute approximate surface area is 118 Å². The van der Waals surface area contributed by atoms with E-state index in [0.717, 1.165) is 18.8 Å². The van der Waals surface area contributed by atoms with Crippen molar-refractivity contribution in [1.29, 1.82) is 0 Å². The van der Waals surface area contributed by atoms with Crippen LogP contribution in [-0.4, -0.2) is 17.5 Å². The molecule has 1 aliphatic carbocycles. The summed E-state index contributed by atoms with van der Waals surface area (Å²) >= 11 is 0. The highest BCUT2D eigenvalue weighted by atomic mass is 16.2. The van der Waals surface area contributed by atoms with Crippen LogP contribution in [0.25, 0.3) is 0 Å². The molecule has 0 saturated heterocycles. The van der Waals surface area contributed by atoms with E-state index in [2.05, 4.69) is 26.1 Å². The third-order valence-corrected chi connectivity index (χ3v) is 4.83. The predicted octanol–water partition coefficient (Wildman–Crippen LogP) is 3.23. The molecule has 3 nitrogen and oxygen atoms in total. The number of nitrogens with two attached hydrogens (primary N) is 1. The average molecular weight is 268 g/mol. The van der Waals surface area contributed by atoms with Crippen LogP contribution in [0.5, 0.6) is 0 Å². The van der Waals surface area contributed by atoms with E-state index in [0.29, 0.717) is 5.92 Å². The zero-order valence-corrected chi connectivity index (χ0v) is 13.2. The molecular weight excluding hydrogens is 236 g/mol. The van der Waals surface area contributed by atoms with Crippen molar-refractivity contribution in [2.75, 3.05) is 0 Å². The molecule has 0 radical (unpaired) electrons. The highest BCUT2D eigenvalue weighted by Gasteiger charge is 2.31. The van der Waals surface area contributed by atoms with E-state index in [1.165, 1.54) is 32.1 Å². The molecule has 0 aliphatic heterocycles. The maximum atomic E-state index is 12.2. The Kier molecular flexibility index (Phi) is 6.31. The minimum Gasteiger partial charge on any atom is -0.352 e. The molecule has 1 aliphatic rings. The fraction of sp³-hybridized carbons (Fsp3) is 0.938. The van der Waals surface area contributed by atoms with Gasteiger partial charge in [-0.25, -0.2) is 0 Å². The van der Waals surface area contributed by atoms with Crippen molar-refractivity contribution in [3.63, 3.8) is 0 Å². The van der Waals surface area contributed by atoms with Crippen LogP contribution < -0.4 is 11.1 Å². The van der Waals surface area contributed by atoms with Crippen molar-refractivity contribution in [3.05, 3.63) is 0 Å². The van der Waals surface area contributed by atoms with Gasteiger partial charge in [0.15, 0.2) is 0 Å². The second kappa shape index (κ2) is 7.28. The lowest BCUT2D eigenvalue weighted by atomic mass is 9.78. The van der Waals surface area contributed by atoms with E-state index in [9.17, 15) is 4.79 Å². The second-order valence-electron chi connectivity index (χ2n) is 6.69. The van der Waals surface area contributed by atoms with Gasteiger partial charge < -0.3 is 11.1 Å². The Morgan fingerprint density at radius 1 is 1.32 bits per heavy atom. The van der Waals surface area contributed by atoms with E-state index in [4.69, 9.17) is 5.73 Å². The second-order valence-corrected chi connectivity index (χ2v) is 6.69. The lowest BCUT2D eigenvalue weighted by Gasteiger charge is -2.34.